The van der Waals surface area contributed by atoms with Crippen molar-refractivity contribution in [1.82, 2.24) is 14.3 Å². The molecule has 0 radical (unpaired) electrons. The van der Waals surface area contributed by atoms with Crippen molar-refractivity contribution >= 4 is 57.9 Å². The van der Waals surface area contributed by atoms with Gasteiger partial charge in [0.05, 0.1) is 5.08 Å². The first-order valence-electron chi connectivity index (χ1n) is 5.34. The summed E-state index contributed by atoms with van der Waals surface area (Å²) in [6.07, 6.45) is 1.98. The molecule has 0 bridgehead atoms. The summed E-state index contributed by atoms with van der Waals surface area (Å²) < 4.78 is 10.8. The number of hydrogen-bond acceptors (Lipinski definition) is 8. The molecular weight excluding hydrogens is 318 g/mol. The van der Waals surface area contributed by atoms with E-state index in [-0.39, 0.29) is 0 Å². The standard InChI is InChI=1S/C11H9N3OS4/c1-16-9-13-11(19-14-9)18-6-17-10-12-7-4-2-3-5-8(7)15-10/h2-5H,6H2,1H3. The number of para-hydroxylation sites is 2. The predicted molar refractivity (Wildman–Crippen MR) is 82.3 cm³/mol. The Morgan fingerprint density at radius 2 is 2.11 bits per heavy atom. The second-order valence-corrected chi connectivity index (χ2v) is 7.44. The summed E-state index contributed by atoms with van der Waals surface area (Å²) in [6.45, 7) is 0. The van der Waals surface area contributed by atoms with E-state index in [0.29, 0.717) is 5.22 Å². The maximum absolute atomic E-state index is 5.63. The number of nitrogens with zero attached hydrogens (tertiary/aromatic N) is 3. The van der Waals surface area contributed by atoms with E-state index in [1.54, 1.807) is 35.3 Å². The number of benzene rings is 1. The van der Waals surface area contributed by atoms with Crippen molar-refractivity contribution in [2.75, 3.05) is 11.3 Å². The number of oxazole rings is 1. The minimum Gasteiger partial charge on any atom is -0.431 e. The lowest BCUT2D eigenvalue weighted by atomic mass is 10.3. The first kappa shape index (κ1) is 13.3. The van der Waals surface area contributed by atoms with Gasteiger partial charge in [0, 0.05) is 0 Å². The van der Waals surface area contributed by atoms with Gasteiger partial charge in [-0.1, -0.05) is 47.4 Å². The van der Waals surface area contributed by atoms with Crippen molar-refractivity contribution in [2.45, 2.75) is 14.7 Å². The molecule has 1 aromatic carbocycles. The van der Waals surface area contributed by atoms with Crippen LogP contribution < -0.4 is 0 Å². The summed E-state index contributed by atoms with van der Waals surface area (Å²) in [5.74, 6) is 0. The Bertz CT molecular complexity index is 648. The van der Waals surface area contributed by atoms with Crippen molar-refractivity contribution in [3.8, 4) is 0 Å². The van der Waals surface area contributed by atoms with Crippen LogP contribution >= 0.6 is 46.8 Å². The van der Waals surface area contributed by atoms with Gasteiger partial charge in [0.15, 0.2) is 9.92 Å². The molecular formula is C11H9N3OS4. The Labute approximate surface area is 127 Å². The molecule has 0 atom stereocenters. The summed E-state index contributed by atoms with van der Waals surface area (Å²) in [4.78, 5) is 8.78. The van der Waals surface area contributed by atoms with Crippen LogP contribution in [0.1, 0.15) is 0 Å². The van der Waals surface area contributed by atoms with Crippen LogP contribution in [0.25, 0.3) is 11.1 Å². The van der Waals surface area contributed by atoms with Crippen LogP contribution in [-0.2, 0) is 0 Å². The largest absolute Gasteiger partial charge is 0.431 e. The second kappa shape index (κ2) is 6.17. The van der Waals surface area contributed by atoms with Gasteiger partial charge < -0.3 is 4.42 Å². The minimum atomic E-state index is 0.698. The Morgan fingerprint density at radius 3 is 2.89 bits per heavy atom. The average molecular weight is 327 g/mol. The van der Waals surface area contributed by atoms with Crippen molar-refractivity contribution in [2.24, 2.45) is 0 Å². The van der Waals surface area contributed by atoms with Crippen molar-refractivity contribution in [1.29, 1.82) is 0 Å². The summed E-state index contributed by atoms with van der Waals surface area (Å²) in [7, 11) is 0. The van der Waals surface area contributed by atoms with E-state index < -0.39 is 0 Å². The summed E-state index contributed by atoms with van der Waals surface area (Å²) in [6, 6.07) is 7.78. The van der Waals surface area contributed by atoms with Gasteiger partial charge in [0.25, 0.3) is 5.22 Å². The molecule has 0 fully saturated rings. The Hall–Kier alpha value is -0.700. The third-order valence-electron chi connectivity index (χ3n) is 2.21. The van der Waals surface area contributed by atoms with Crippen LogP contribution in [0.2, 0.25) is 0 Å². The zero-order valence-electron chi connectivity index (χ0n) is 9.90. The van der Waals surface area contributed by atoms with Gasteiger partial charge in [-0.2, -0.15) is 4.37 Å². The van der Waals surface area contributed by atoms with Gasteiger partial charge in [-0.25, -0.2) is 9.97 Å². The Morgan fingerprint density at radius 1 is 1.21 bits per heavy atom. The number of fused-ring (bicyclic) bond motifs is 1. The topological polar surface area (TPSA) is 51.8 Å². The molecule has 2 aromatic heterocycles. The van der Waals surface area contributed by atoms with E-state index in [2.05, 4.69) is 14.3 Å². The smallest absolute Gasteiger partial charge is 0.257 e. The second-order valence-electron chi connectivity index (χ2n) is 3.40. The van der Waals surface area contributed by atoms with Crippen LogP contribution in [0.15, 0.2) is 43.4 Å². The number of hydrogen-bond donors (Lipinski definition) is 0. The Kier molecular flexibility index (Phi) is 4.31. The molecule has 0 amide bonds. The third kappa shape index (κ3) is 3.25. The van der Waals surface area contributed by atoms with E-state index in [9.17, 15) is 0 Å². The van der Waals surface area contributed by atoms with E-state index in [1.165, 1.54) is 11.5 Å². The lowest BCUT2D eigenvalue weighted by Crippen LogP contribution is -1.75. The molecule has 8 heteroatoms. The number of aromatic nitrogens is 3. The van der Waals surface area contributed by atoms with E-state index in [1.807, 2.05) is 30.5 Å². The quantitative estimate of drug-likeness (QED) is 0.513. The predicted octanol–water partition coefficient (Wildman–Crippen LogP) is 4.24. The SMILES string of the molecule is CSc1nsc(SCSc2nc3ccccc3o2)n1. The van der Waals surface area contributed by atoms with Gasteiger partial charge in [-0.15, -0.1) is 0 Å². The molecule has 3 aromatic rings. The lowest BCUT2D eigenvalue weighted by Gasteiger charge is -1.92. The highest BCUT2D eigenvalue weighted by atomic mass is 32.2. The maximum Gasteiger partial charge on any atom is 0.257 e. The van der Waals surface area contributed by atoms with Gasteiger partial charge >= 0.3 is 0 Å². The molecule has 4 nitrogen and oxygen atoms in total. The summed E-state index contributed by atoms with van der Waals surface area (Å²) in [5.41, 5.74) is 1.73. The van der Waals surface area contributed by atoms with Crippen molar-refractivity contribution < 1.29 is 4.42 Å². The summed E-state index contributed by atoms with van der Waals surface area (Å²) in [5, 5.41) is 2.35. The monoisotopic (exact) mass is 327 g/mol. The van der Waals surface area contributed by atoms with E-state index in [4.69, 9.17) is 4.42 Å². The van der Waals surface area contributed by atoms with Crippen LogP contribution in [0.3, 0.4) is 0 Å². The normalized spacial score (nSPS) is 11.2. The van der Waals surface area contributed by atoms with Gasteiger partial charge in [0.2, 0.25) is 5.16 Å². The molecule has 0 saturated carbocycles. The van der Waals surface area contributed by atoms with Crippen LogP contribution in [-0.4, -0.2) is 25.7 Å². The molecule has 0 aliphatic rings. The molecule has 0 spiro atoms. The fourth-order valence-corrected chi connectivity index (χ4v) is 4.67. The fourth-order valence-electron chi connectivity index (χ4n) is 1.38. The third-order valence-corrected chi connectivity index (χ3v) is 5.67. The Balaban J connectivity index is 1.59. The van der Waals surface area contributed by atoms with Crippen LogP contribution in [0.4, 0.5) is 0 Å². The molecule has 0 aliphatic heterocycles. The first-order chi connectivity index (χ1) is 9.35. The molecule has 0 N–H and O–H groups in total. The summed E-state index contributed by atoms with van der Waals surface area (Å²) >= 11 is 6.22. The van der Waals surface area contributed by atoms with E-state index in [0.717, 1.165) is 25.7 Å². The highest BCUT2D eigenvalue weighted by Gasteiger charge is 2.07. The van der Waals surface area contributed by atoms with Crippen LogP contribution in [0.5, 0.6) is 0 Å². The first-order valence-corrected chi connectivity index (χ1v) is 9.31. The highest BCUT2D eigenvalue weighted by molar-refractivity contribution is 8.16. The van der Waals surface area contributed by atoms with Gasteiger partial charge in [-0.05, 0) is 29.9 Å². The van der Waals surface area contributed by atoms with Gasteiger partial charge in [0.1, 0.15) is 5.52 Å². The number of rotatable bonds is 5. The molecule has 19 heavy (non-hydrogen) atoms. The highest BCUT2D eigenvalue weighted by Crippen LogP contribution is 2.31. The van der Waals surface area contributed by atoms with Crippen molar-refractivity contribution in [3.05, 3.63) is 24.3 Å². The maximum atomic E-state index is 5.63. The van der Waals surface area contributed by atoms with E-state index >= 15 is 0 Å². The van der Waals surface area contributed by atoms with Gasteiger partial charge in [-0.3, -0.25) is 0 Å². The molecule has 2 heterocycles. The number of thioether (sulfide) groups is 3. The molecule has 0 unspecified atom stereocenters. The zero-order valence-corrected chi connectivity index (χ0v) is 13.2. The minimum absolute atomic E-state index is 0.698. The molecule has 3 rings (SSSR count). The zero-order chi connectivity index (χ0) is 13.1. The average Bonchev–Trinajstić information content (AvgIpc) is 3.04. The molecule has 98 valence electrons. The molecule has 0 aliphatic carbocycles. The lowest BCUT2D eigenvalue weighted by molar-refractivity contribution is 0.490. The van der Waals surface area contributed by atoms with Crippen LogP contribution in [0, 0.1) is 0 Å². The fraction of sp³-hybridized carbons (Fsp3) is 0.182. The molecule has 0 saturated heterocycles. The van der Waals surface area contributed by atoms with Crippen molar-refractivity contribution in [3.63, 3.8) is 0 Å².